The molecule has 64 valence electrons. The van der Waals surface area contributed by atoms with Gasteiger partial charge < -0.3 is 25.2 Å². The maximum absolute atomic E-state index is 9.13. The highest BCUT2D eigenvalue weighted by atomic mass is 16.6. The standard InChI is InChI=1S/C6H10O5/c7-1-2(8)4(10)6-5(11-6)3(1)9/h1-10H/t1-,2+,3-,4+,5+,6-. The molecule has 0 unspecified atom stereocenters. The molecule has 6 atom stereocenters. The van der Waals surface area contributed by atoms with Crippen molar-refractivity contribution in [1.82, 2.24) is 0 Å². The van der Waals surface area contributed by atoms with Crippen molar-refractivity contribution >= 4 is 0 Å². The van der Waals surface area contributed by atoms with Gasteiger partial charge in [0.2, 0.25) is 0 Å². The predicted molar refractivity (Wildman–Crippen MR) is 32.7 cm³/mol. The first-order valence-corrected chi connectivity index (χ1v) is 3.50. The van der Waals surface area contributed by atoms with Crippen LogP contribution in [0.2, 0.25) is 0 Å². The molecule has 1 heterocycles. The largest absolute Gasteiger partial charge is 0.387 e. The van der Waals surface area contributed by atoms with E-state index in [0.717, 1.165) is 0 Å². The van der Waals surface area contributed by atoms with Gasteiger partial charge in [-0.3, -0.25) is 0 Å². The van der Waals surface area contributed by atoms with Gasteiger partial charge in [0.05, 0.1) is 0 Å². The lowest BCUT2D eigenvalue weighted by atomic mass is 9.90. The van der Waals surface area contributed by atoms with Crippen molar-refractivity contribution in [2.45, 2.75) is 36.6 Å². The summed E-state index contributed by atoms with van der Waals surface area (Å²) in [4.78, 5) is 0. The zero-order valence-electron chi connectivity index (χ0n) is 5.66. The molecule has 4 N–H and O–H groups in total. The van der Waals surface area contributed by atoms with Crippen molar-refractivity contribution in [3.05, 3.63) is 0 Å². The van der Waals surface area contributed by atoms with Gasteiger partial charge in [0.25, 0.3) is 0 Å². The molecule has 11 heavy (non-hydrogen) atoms. The first-order chi connectivity index (χ1) is 5.13. The first kappa shape index (κ1) is 7.45. The zero-order valence-corrected chi connectivity index (χ0v) is 5.66. The van der Waals surface area contributed by atoms with Crippen LogP contribution in [0.5, 0.6) is 0 Å². The van der Waals surface area contributed by atoms with Crippen LogP contribution in [0.4, 0.5) is 0 Å². The first-order valence-electron chi connectivity index (χ1n) is 3.50. The average molecular weight is 162 g/mol. The molecule has 1 saturated carbocycles. The number of epoxide rings is 1. The van der Waals surface area contributed by atoms with Crippen LogP contribution in [0.15, 0.2) is 0 Å². The third-order valence-corrected chi connectivity index (χ3v) is 2.28. The number of fused-ring (bicyclic) bond motifs is 1. The van der Waals surface area contributed by atoms with Gasteiger partial charge in [-0.1, -0.05) is 0 Å². The highest BCUT2D eigenvalue weighted by Crippen LogP contribution is 2.37. The van der Waals surface area contributed by atoms with Crippen molar-refractivity contribution in [3.8, 4) is 0 Å². The highest BCUT2D eigenvalue weighted by molar-refractivity contribution is 5.07. The quantitative estimate of drug-likeness (QED) is 0.289. The Morgan fingerprint density at radius 1 is 0.636 bits per heavy atom. The Hall–Kier alpha value is -0.200. The van der Waals surface area contributed by atoms with Crippen LogP contribution in [-0.4, -0.2) is 57.0 Å². The molecule has 0 radical (unpaired) electrons. The molecule has 2 aliphatic rings. The Bertz CT molecular complexity index is 154. The van der Waals surface area contributed by atoms with Gasteiger partial charge >= 0.3 is 0 Å². The monoisotopic (exact) mass is 162 g/mol. The molecule has 0 amide bonds. The summed E-state index contributed by atoms with van der Waals surface area (Å²) in [6.45, 7) is 0. The zero-order chi connectivity index (χ0) is 8.17. The van der Waals surface area contributed by atoms with Gasteiger partial charge in [-0.15, -0.1) is 0 Å². The van der Waals surface area contributed by atoms with E-state index < -0.39 is 36.6 Å². The van der Waals surface area contributed by atoms with E-state index in [-0.39, 0.29) is 0 Å². The van der Waals surface area contributed by atoms with E-state index in [2.05, 4.69) is 0 Å². The number of hydrogen-bond donors (Lipinski definition) is 4. The fourth-order valence-electron chi connectivity index (χ4n) is 1.48. The molecule has 0 aromatic heterocycles. The minimum Gasteiger partial charge on any atom is -0.387 e. The number of rotatable bonds is 0. The number of aliphatic hydroxyl groups is 4. The van der Waals surface area contributed by atoms with E-state index in [9.17, 15) is 0 Å². The van der Waals surface area contributed by atoms with Gasteiger partial charge in [-0.2, -0.15) is 0 Å². The van der Waals surface area contributed by atoms with Crippen molar-refractivity contribution in [1.29, 1.82) is 0 Å². The van der Waals surface area contributed by atoms with Crippen LogP contribution in [0.3, 0.4) is 0 Å². The SMILES string of the molecule is O[C@@H]1[C@H](O)[C@H](O)[C@H]2O[C@H]2[C@@H]1O. The fourth-order valence-corrected chi connectivity index (χ4v) is 1.48. The van der Waals surface area contributed by atoms with E-state index in [0.29, 0.717) is 0 Å². The van der Waals surface area contributed by atoms with Crippen LogP contribution in [0.25, 0.3) is 0 Å². The third kappa shape index (κ3) is 0.896. The summed E-state index contributed by atoms with van der Waals surface area (Å²) in [5.74, 6) is 0. The maximum Gasteiger partial charge on any atom is 0.115 e. The van der Waals surface area contributed by atoms with Crippen molar-refractivity contribution in [2.75, 3.05) is 0 Å². The lowest BCUT2D eigenvalue weighted by molar-refractivity contribution is -0.121. The molecule has 2 rings (SSSR count). The minimum absolute atomic E-state index is 0.497. The Morgan fingerprint density at radius 3 is 1.36 bits per heavy atom. The number of ether oxygens (including phenoxy) is 1. The lowest BCUT2D eigenvalue weighted by Gasteiger charge is -2.28. The molecule has 0 aromatic rings. The molecule has 1 saturated heterocycles. The van der Waals surface area contributed by atoms with Crippen molar-refractivity contribution < 1.29 is 25.2 Å². The molecular formula is C6H10O5. The lowest BCUT2D eigenvalue weighted by Crippen LogP contribution is -2.53. The smallest absolute Gasteiger partial charge is 0.115 e. The van der Waals surface area contributed by atoms with Gasteiger partial charge in [-0.05, 0) is 0 Å². The second-order valence-electron chi connectivity index (χ2n) is 3.03. The molecule has 2 fully saturated rings. The maximum atomic E-state index is 9.13. The van der Waals surface area contributed by atoms with Crippen LogP contribution in [0, 0.1) is 0 Å². The van der Waals surface area contributed by atoms with Crippen LogP contribution in [0.1, 0.15) is 0 Å². The fraction of sp³-hybridized carbons (Fsp3) is 1.00. The third-order valence-electron chi connectivity index (χ3n) is 2.28. The topological polar surface area (TPSA) is 93.5 Å². The second kappa shape index (κ2) is 2.15. The Balaban J connectivity index is 2.13. The van der Waals surface area contributed by atoms with E-state index in [1.807, 2.05) is 0 Å². The summed E-state index contributed by atoms with van der Waals surface area (Å²) in [7, 11) is 0. The van der Waals surface area contributed by atoms with E-state index in [4.69, 9.17) is 25.2 Å². The molecular weight excluding hydrogens is 152 g/mol. The van der Waals surface area contributed by atoms with Crippen LogP contribution >= 0.6 is 0 Å². The molecule has 0 spiro atoms. The van der Waals surface area contributed by atoms with Crippen molar-refractivity contribution in [3.63, 3.8) is 0 Å². The minimum atomic E-state index is -1.30. The summed E-state index contributed by atoms with van der Waals surface area (Å²) in [6.07, 6.45) is -5.73. The van der Waals surface area contributed by atoms with Gasteiger partial charge in [0.15, 0.2) is 0 Å². The molecule has 0 bridgehead atoms. The normalized spacial score (nSPS) is 62.2. The van der Waals surface area contributed by atoms with Gasteiger partial charge in [-0.25, -0.2) is 0 Å². The summed E-state index contributed by atoms with van der Waals surface area (Å²) in [5, 5.41) is 36.4. The average Bonchev–Trinajstić information content (AvgIpc) is 2.76. The summed E-state index contributed by atoms with van der Waals surface area (Å²) in [6, 6.07) is 0. The molecule has 5 nitrogen and oxygen atoms in total. The Morgan fingerprint density at radius 2 is 1.00 bits per heavy atom. The Labute approximate surface area is 62.8 Å². The van der Waals surface area contributed by atoms with E-state index >= 15 is 0 Å². The second-order valence-corrected chi connectivity index (χ2v) is 3.03. The van der Waals surface area contributed by atoms with E-state index in [1.165, 1.54) is 0 Å². The van der Waals surface area contributed by atoms with Gasteiger partial charge in [0, 0.05) is 0 Å². The molecule has 1 aliphatic heterocycles. The summed E-state index contributed by atoms with van der Waals surface area (Å²) in [5.41, 5.74) is 0. The number of aliphatic hydroxyl groups excluding tert-OH is 4. The number of hydrogen-bond acceptors (Lipinski definition) is 5. The summed E-state index contributed by atoms with van der Waals surface area (Å²) >= 11 is 0. The Kier molecular flexibility index (Phi) is 1.45. The van der Waals surface area contributed by atoms with Gasteiger partial charge in [0.1, 0.15) is 36.6 Å². The highest BCUT2D eigenvalue weighted by Gasteiger charge is 2.59. The van der Waals surface area contributed by atoms with Crippen LogP contribution in [-0.2, 0) is 4.74 Å². The summed E-state index contributed by atoms with van der Waals surface area (Å²) < 4.78 is 4.82. The predicted octanol–water partition coefficient (Wildman–Crippen LogP) is -2.79. The molecule has 0 aromatic carbocycles. The molecule has 1 aliphatic carbocycles. The van der Waals surface area contributed by atoms with E-state index in [1.54, 1.807) is 0 Å². The van der Waals surface area contributed by atoms with Crippen LogP contribution < -0.4 is 0 Å². The van der Waals surface area contributed by atoms with Crippen molar-refractivity contribution in [2.24, 2.45) is 0 Å². The molecule has 5 heteroatoms.